The van der Waals surface area contributed by atoms with E-state index in [4.69, 9.17) is 34.3 Å². The third kappa shape index (κ3) is 5.75. The Morgan fingerprint density at radius 2 is 2.15 bits per heavy atom. The lowest BCUT2D eigenvalue weighted by Crippen LogP contribution is -2.30. The van der Waals surface area contributed by atoms with Gasteiger partial charge in [0.2, 0.25) is 5.91 Å². The molecule has 0 aliphatic carbocycles. The van der Waals surface area contributed by atoms with Crippen LogP contribution in [0.4, 0.5) is 0 Å². The molecule has 0 atom stereocenters. The normalized spacial score (nSPS) is 10.2. The van der Waals surface area contributed by atoms with Gasteiger partial charge in [-0.1, -0.05) is 23.8 Å². The topological polar surface area (TPSA) is 55.6 Å². The van der Waals surface area contributed by atoms with Crippen LogP contribution in [0, 0.1) is 6.92 Å². The average Bonchev–Trinajstić information content (AvgIpc) is 2.39. The summed E-state index contributed by atoms with van der Waals surface area (Å²) in [4.78, 5) is 13.8. The minimum Gasteiger partial charge on any atom is -0.493 e. The molecule has 0 heterocycles. The van der Waals surface area contributed by atoms with Crippen molar-refractivity contribution in [2.45, 2.75) is 19.8 Å². The highest BCUT2D eigenvalue weighted by molar-refractivity contribution is 7.80. The Morgan fingerprint density at radius 3 is 2.75 bits per heavy atom. The van der Waals surface area contributed by atoms with E-state index in [9.17, 15) is 4.79 Å². The largest absolute Gasteiger partial charge is 0.493 e. The van der Waals surface area contributed by atoms with Crippen LogP contribution >= 0.6 is 23.8 Å². The van der Waals surface area contributed by atoms with E-state index in [1.807, 2.05) is 13.0 Å². The van der Waals surface area contributed by atoms with E-state index < -0.39 is 0 Å². The highest BCUT2D eigenvalue weighted by atomic mass is 35.5. The van der Waals surface area contributed by atoms with E-state index in [0.29, 0.717) is 41.8 Å². The van der Waals surface area contributed by atoms with Crippen molar-refractivity contribution in [3.8, 4) is 5.75 Å². The van der Waals surface area contributed by atoms with Crippen molar-refractivity contribution in [3.63, 3.8) is 0 Å². The van der Waals surface area contributed by atoms with Gasteiger partial charge in [0, 0.05) is 25.0 Å². The fourth-order valence-electron chi connectivity index (χ4n) is 1.56. The maximum atomic E-state index is 11.8. The van der Waals surface area contributed by atoms with Crippen LogP contribution < -0.4 is 10.5 Å². The Hall–Kier alpha value is -1.33. The lowest BCUT2D eigenvalue weighted by molar-refractivity contribution is -0.130. The van der Waals surface area contributed by atoms with Gasteiger partial charge in [-0.3, -0.25) is 4.79 Å². The first kappa shape index (κ1) is 16.7. The van der Waals surface area contributed by atoms with Crippen molar-refractivity contribution >= 4 is 34.7 Å². The average molecular weight is 315 g/mol. The molecule has 1 aromatic rings. The molecular weight excluding hydrogens is 296 g/mol. The molecule has 0 saturated carbocycles. The number of nitrogens with two attached hydrogens (primary N) is 1. The number of nitrogens with zero attached hydrogens (tertiary/aromatic N) is 1. The first-order valence-electron chi connectivity index (χ1n) is 6.31. The Labute approximate surface area is 129 Å². The van der Waals surface area contributed by atoms with E-state index >= 15 is 0 Å². The highest BCUT2D eigenvalue weighted by Crippen LogP contribution is 2.21. The quantitative estimate of drug-likeness (QED) is 0.786. The number of ether oxygens (including phenoxy) is 1. The molecule has 0 spiro atoms. The van der Waals surface area contributed by atoms with Gasteiger partial charge in [0.05, 0.1) is 18.0 Å². The minimum atomic E-state index is 0.00642. The number of carbonyl (C=O) groups excluding carboxylic acids is 1. The highest BCUT2D eigenvalue weighted by Gasteiger charge is 2.09. The molecule has 4 nitrogen and oxygen atoms in total. The molecule has 1 rings (SSSR count). The van der Waals surface area contributed by atoms with Crippen LogP contribution in [-0.2, 0) is 4.79 Å². The number of aryl methyl sites for hydroxylation is 1. The first-order valence-corrected chi connectivity index (χ1v) is 7.10. The number of hydrogen-bond acceptors (Lipinski definition) is 3. The van der Waals surface area contributed by atoms with E-state index in [2.05, 4.69) is 0 Å². The molecular formula is C14H19ClN2O2S. The molecule has 20 heavy (non-hydrogen) atoms. The number of amides is 1. The molecule has 0 aromatic heterocycles. The third-order valence-electron chi connectivity index (χ3n) is 2.83. The number of rotatable bonds is 7. The number of halogens is 1. The number of carbonyl (C=O) groups is 1. The molecule has 110 valence electrons. The summed E-state index contributed by atoms with van der Waals surface area (Å²) in [6, 6.07) is 5.42. The van der Waals surface area contributed by atoms with Crippen LogP contribution in [0.2, 0.25) is 5.02 Å². The van der Waals surface area contributed by atoms with E-state index in [-0.39, 0.29) is 5.91 Å². The maximum Gasteiger partial charge on any atom is 0.225 e. The van der Waals surface area contributed by atoms with E-state index in [0.717, 1.165) is 5.56 Å². The number of thiocarbonyl (C=S) groups is 1. The summed E-state index contributed by atoms with van der Waals surface area (Å²) in [6.45, 7) is 2.77. The molecule has 0 saturated heterocycles. The molecule has 0 aliphatic heterocycles. The molecule has 0 radical (unpaired) electrons. The van der Waals surface area contributed by atoms with Gasteiger partial charge in [0.1, 0.15) is 5.75 Å². The van der Waals surface area contributed by atoms with Gasteiger partial charge < -0.3 is 15.4 Å². The van der Waals surface area contributed by atoms with Crippen molar-refractivity contribution in [2.75, 3.05) is 20.2 Å². The van der Waals surface area contributed by atoms with Gasteiger partial charge in [-0.15, -0.1) is 0 Å². The van der Waals surface area contributed by atoms with Crippen LogP contribution in [0.5, 0.6) is 5.75 Å². The summed E-state index contributed by atoms with van der Waals surface area (Å²) >= 11 is 10.7. The zero-order valence-corrected chi connectivity index (χ0v) is 13.3. The molecule has 1 amide bonds. The molecule has 0 aliphatic rings. The molecule has 6 heteroatoms. The van der Waals surface area contributed by atoms with Gasteiger partial charge in [-0.2, -0.15) is 0 Å². The van der Waals surface area contributed by atoms with Crippen LogP contribution in [0.25, 0.3) is 0 Å². The van der Waals surface area contributed by atoms with Crippen LogP contribution in [-0.4, -0.2) is 36.0 Å². The zero-order chi connectivity index (χ0) is 15.1. The summed E-state index contributed by atoms with van der Waals surface area (Å²) in [5.41, 5.74) is 6.35. The van der Waals surface area contributed by atoms with Gasteiger partial charge in [0.15, 0.2) is 0 Å². The van der Waals surface area contributed by atoms with Gasteiger partial charge >= 0.3 is 0 Å². The van der Waals surface area contributed by atoms with E-state index in [1.54, 1.807) is 24.1 Å². The lowest BCUT2D eigenvalue weighted by Gasteiger charge is -2.17. The second-order valence-electron chi connectivity index (χ2n) is 4.54. The van der Waals surface area contributed by atoms with Crippen LogP contribution in [0.3, 0.4) is 0 Å². The standard InChI is InChI=1S/C14H19ClN2O2S/c1-10-9-11(3-4-12(10)15)19-8-6-14(18)17(2)7-5-13(16)20/h3-4,9H,5-8H2,1-2H3,(H2,16,20). The number of benzene rings is 1. The van der Waals surface area contributed by atoms with Gasteiger partial charge in [-0.25, -0.2) is 0 Å². The van der Waals surface area contributed by atoms with Crippen LogP contribution in [0.15, 0.2) is 18.2 Å². The fourth-order valence-corrected chi connectivity index (χ4v) is 1.77. The predicted octanol–water partition coefficient (Wildman–Crippen LogP) is 2.55. The maximum absolute atomic E-state index is 11.8. The summed E-state index contributed by atoms with van der Waals surface area (Å²) in [6.07, 6.45) is 0.852. The summed E-state index contributed by atoms with van der Waals surface area (Å²) in [5, 5.41) is 0.700. The summed E-state index contributed by atoms with van der Waals surface area (Å²) in [5.74, 6) is 0.720. The van der Waals surface area contributed by atoms with Crippen molar-refractivity contribution in [2.24, 2.45) is 5.73 Å². The smallest absolute Gasteiger partial charge is 0.225 e. The van der Waals surface area contributed by atoms with E-state index in [1.165, 1.54) is 0 Å². The SMILES string of the molecule is Cc1cc(OCCC(=O)N(C)CCC(N)=S)ccc1Cl. The third-order valence-corrected chi connectivity index (χ3v) is 3.46. The predicted molar refractivity (Wildman–Crippen MR) is 85.3 cm³/mol. The van der Waals surface area contributed by atoms with Crippen molar-refractivity contribution in [3.05, 3.63) is 28.8 Å². The molecule has 0 fully saturated rings. The molecule has 0 unspecified atom stereocenters. The van der Waals surface area contributed by atoms with Gasteiger partial charge in [0.25, 0.3) is 0 Å². The van der Waals surface area contributed by atoms with Gasteiger partial charge in [-0.05, 0) is 30.7 Å². The lowest BCUT2D eigenvalue weighted by atomic mass is 10.2. The van der Waals surface area contributed by atoms with Crippen molar-refractivity contribution < 1.29 is 9.53 Å². The Bertz CT molecular complexity index is 494. The Morgan fingerprint density at radius 1 is 1.45 bits per heavy atom. The first-order chi connectivity index (χ1) is 9.40. The van der Waals surface area contributed by atoms with Crippen LogP contribution in [0.1, 0.15) is 18.4 Å². The Balaban J connectivity index is 2.34. The second-order valence-corrected chi connectivity index (χ2v) is 5.47. The monoisotopic (exact) mass is 314 g/mol. The van der Waals surface area contributed by atoms with Crippen molar-refractivity contribution in [1.82, 2.24) is 4.90 Å². The molecule has 2 N–H and O–H groups in total. The van der Waals surface area contributed by atoms with Crippen molar-refractivity contribution in [1.29, 1.82) is 0 Å². The minimum absolute atomic E-state index is 0.00642. The fraction of sp³-hybridized carbons (Fsp3) is 0.429. The Kier molecular flexibility index (Phi) is 6.75. The molecule has 1 aromatic carbocycles. The summed E-state index contributed by atoms with van der Waals surface area (Å²) < 4.78 is 5.53. The zero-order valence-electron chi connectivity index (χ0n) is 11.7. The summed E-state index contributed by atoms with van der Waals surface area (Å²) in [7, 11) is 1.73. The molecule has 0 bridgehead atoms. The second kappa shape index (κ2) is 8.07. The number of hydrogen-bond donors (Lipinski definition) is 1.